The lowest BCUT2D eigenvalue weighted by molar-refractivity contribution is 0.382. The van der Waals surface area contributed by atoms with Crippen LogP contribution in [0.5, 0.6) is 0 Å². The molecule has 0 aliphatic rings. The van der Waals surface area contributed by atoms with Gasteiger partial charge in [0.2, 0.25) is 10.0 Å². The highest BCUT2D eigenvalue weighted by Gasteiger charge is 2.27. The van der Waals surface area contributed by atoms with E-state index in [1.807, 2.05) is 13.2 Å². The number of hydrogen-bond donors (Lipinski definition) is 1. The van der Waals surface area contributed by atoms with E-state index in [1.54, 1.807) is 31.8 Å². The summed E-state index contributed by atoms with van der Waals surface area (Å²) in [6.45, 7) is 3.63. The van der Waals surface area contributed by atoms with Crippen molar-refractivity contribution in [1.29, 1.82) is 0 Å². The number of rotatable bonds is 6. The predicted octanol–water partition coefficient (Wildman–Crippen LogP) is 2.99. The monoisotopic (exact) mass is 336 g/mol. The van der Waals surface area contributed by atoms with Crippen LogP contribution in [-0.4, -0.2) is 37.8 Å². The van der Waals surface area contributed by atoms with E-state index >= 15 is 0 Å². The van der Waals surface area contributed by atoms with Gasteiger partial charge in [-0.05, 0) is 50.0 Å². The third kappa shape index (κ3) is 3.81. The first kappa shape index (κ1) is 17.6. The molecule has 7 heteroatoms. The Balaban J connectivity index is 3.13. The van der Waals surface area contributed by atoms with Crippen molar-refractivity contribution in [3.63, 3.8) is 0 Å². The van der Waals surface area contributed by atoms with Gasteiger partial charge in [-0.25, -0.2) is 8.42 Å². The number of nitrogen functional groups attached to an aromatic ring is 1. The van der Waals surface area contributed by atoms with Gasteiger partial charge in [-0.15, -0.1) is 0 Å². The Hall–Kier alpha value is -0.430. The molecule has 1 aromatic carbocycles. The molecule has 0 aromatic heterocycles. The largest absolute Gasteiger partial charge is 0.397 e. The SMILES string of the molecule is CSCCC(C)N(C)S(=O)(=O)c1cc(N)c(Cl)cc1C. The number of halogens is 1. The van der Waals surface area contributed by atoms with Gasteiger partial charge in [0, 0.05) is 13.1 Å². The lowest BCUT2D eigenvalue weighted by atomic mass is 10.2. The van der Waals surface area contributed by atoms with E-state index in [-0.39, 0.29) is 16.6 Å². The second-order valence-corrected chi connectivity index (χ2v) is 8.15. The number of hydrogen-bond acceptors (Lipinski definition) is 4. The maximum absolute atomic E-state index is 12.6. The van der Waals surface area contributed by atoms with Crippen molar-refractivity contribution < 1.29 is 8.42 Å². The fourth-order valence-electron chi connectivity index (χ4n) is 1.81. The van der Waals surface area contributed by atoms with Crippen molar-refractivity contribution in [2.45, 2.75) is 31.2 Å². The molecule has 1 aromatic rings. The minimum absolute atomic E-state index is 0.0660. The first-order valence-electron chi connectivity index (χ1n) is 6.24. The third-order valence-corrected chi connectivity index (χ3v) is 6.40. The normalized spacial score (nSPS) is 13.7. The van der Waals surface area contributed by atoms with Gasteiger partial charge in [0.05, 0.1) is 15.6 Å². The molecule has 114 valence electrons. The molecule has 0 saturated carbocycles. The summed E-state index contributed by atoms with van der Waals surface area (Å²) in [4.78, 5) is 0.220. The third-order valence-electron chi connectivity index (χ3n) is 3.31. The molecule has 2 N–H and O–H groups in total. The van der Waals surface area contributed by atoms with Crippen LogP contribution in [0.25, 0.3) is 0 Å². The van der Waals surface area contributed by atoms with Gasteiger partial charge in [0.25, 0.3) is 0 Å². The number of sulfonamides is 1. The molecular formula is C13H21ClN2O2S2. The van der Waals surface area contributed by atoms with Crippen LogP contribution in [0.15, 0.2) is 17.0 Å². The number of aryl methyl sites for hydroxylation is 1. The van der Waals surface area contributed by atoms with Crippen LogP contribution in [0.4, 0.5) is 5.69 Å². The maximum Gasteiger partial charge on any atom is 0.243 e. The number of thioether (sulfide) groups is 1. The standard InChI is InChI=1S/C13H21ClN2O2S2/c1-9-7-11(14)12(15)8-13(9)20(17,18)16(3)10(2)5-6-19-4/h7-8,10H,5-6,15H2,1-4H3. The highest BCUT2D eigenvalue weighted by atomic mass is 35.5. The lowest BCUT2D eigenvalue weighted by Gasteiger charge is -2.25. The molecular weight excluding hydrogens is 316 g/mol. The van der Waals surface area contributed by atoms with Crippen LogP contribution in [0.1, 0.15) is 18.9 Å². The zero-order chi connectivity index (χ0) is 15.5. The molecule has 0 radical (unpaired) electrons. The van der Waals surface area contributed by atoms with Gasteiger partial charge in [0.1, 0.15) is 0 Å². The number of nitrogens with zero attached hydrogens (tertiary/aromatic N) is 1. The number of nitrogens with two attached hydrogens (primary N) is 1. The van der Waals surface area contributed by atoms with Gasteiger partial charge in [0.15, 0.2) is 0 Å². The Labute approximate surface area is 130 Å². The minimum Gasteiger partial charge on any atom is -0.397 e. The first-order chi connectivity index (χ1) is 9.21. The molecule has 1 unspecified atom stereocenters. The first-order valence-corrected chi connectivity index (χ1v) is 9.45. The van der Waals surface area contributed by atoms with Crippen molar-refractivity contribution in [3.05, 3.63) is 22.7 Å². The molecule has 0 fully saturated rings. The summed E-state index contributed by atoms with van der Waals surface area (Å²) >= 11 is 7.61. The maximum atomic E-state index is 12.6. The molecule has 0 aliphatic carbocycles. The van der Waals surface area contributed by atoms with Gasteiger partial charge in [-0.3, -0.25) is 0 Å². The molecule has 0 amide bonds. The average Bonchev–Trinajstić information content (AvgIpc) is 2.38. The molecule has 1 rings (SSSR count). The Morgan fingerprint density at radius 1 is 1.45 bits per heavy atom. The van der Waals surface area contributed by atoms with Crippen molar-refractivity contribution in [2.24, 2.45) is 0 Å². The van der Waals surface area contributed by atoms with Crippen LogP contribution in [0, 0.1) is 6.92 Å². The second kappa shape index (κ2) is 7.02. The molecule has 4 nitrogen and oxygen atoms in total. The van der Waals surface area contributed by atoms with Crippen molar-refractivity contribution in [1.82, 2.24) is 4.31 Å². The smallest absolute Gasteiger partial charge is 0.243 e. The molecule has 0 bridgehead atoms. The van der Waals surface area contributed by atoms with Crippen LogP contribution >= 0.6 is 23.4 Å². The highest BCUT2D eigenvalue weighted by Crippen LogP contribution is 2.28. The molecule has 0 spiro atoms. The van der Waals surface area contributed by atoms with E-state index in [2.05, 4.69) is 0 Å². The average molecular weight is 337 g/mol. The fraction of sp³-hybridized carbons (Fsp3) is 0.538. The van der Waals surface area contributed by atoms with Gasteiger partial charge >= 0.3 is 0 Å². The Morgan fingerprint density at radius 2 is 2.05 bits per heavy atom. The summed E-state index contributed by atoms with van der Waals surface area (Å²) in [6.07, 6.45) is 2.81. The molecule has 0 saturated heterocycles. The number of anilines is 1. The predicted molar refractivity (Wildman–Crippen MR) is 88.0 cm³/mol. The Kier molecular flexibility index (Phi) is 6.19. The molecule has 1 atom stereocenters. The zero-order valence-corrected chi connectivity index (χ0v) is 14.6. The molecule has 20 heavy (non-hydrogen) atoms. The topological polar surface area (TPSA) is 63.4 Å². The fourth-order valence-corrected chi connectivity index (χ4v) is 4.23. The van der Waals surface area contributed by atoms with E-state index < -0.39 is 10.0 Å². The summed E-state index contributed by atoms with van der Waals surface area (Å²) in [5, 5.41) is 0.375. The van der Waals surface area contributed by atoms with E-state index in [1.165, 1.54) is 10.4 Å². The minimum atomic E-state index is -3.55. The van der Waals surface area contributed by atoms with Crippen molar-refractivity contribution in [3.8, 4) is 0 Å². The zero-order valence-electron chi connectivity index (χ0n) is 12.2. The van der Waals surface area contributed by atoms with Crippen LogP contribution in [0.2, 0.25) is 5.02 Å². The van der Waals surface area contributed by atoms with Gasteiger partial charge in [-0.2, -0.15) is 16.1 Å². The van der Waals surface area contributed by atoms with Gasteiger partial charge < -0.3 is 5.73 Å². The second-order valence-electron chi connectivity index (χ2n) is 4.79. The summed E-state index contributed by atoms with van der Waals surface area (Å²) in [6, 6.07) is 2.96. The van der Waals surface area contributed by atoms with Crippen molar-refractivity contribution in [2.75, 3.05) is 24.8 Å². The van der Waals surface area contributed by atoms with E-state index in [0.717, 1.165) is 12.2 Å². The summed E-state index contributed by atoms with van der Waals surface area (Å²) in [7, 11) is -1.95. The summed E-state index contributed by atoms with van der Waals surface area (Å²) in [5.74, 6) is 0.919. The van der Waals surface area contributed by atoms with Gasteiger partial charge in [-0.1, -0.05) is 11.6 Å². The summed E-state index contributed by atoms with van der Waals surface area (Å²) < 4.78 is 26.7. The molecule has 0 heterocycles. The van der Waals surface area contributed by atoms with E-state index in [0.29, 0.717) is 10.6 Å². The van der Waals surface area contributed by atoms with Crippen LogP contribution in [0.3, 0.4) is 0 Å². The van der Waals surface area contributed by atoms with Crippen LogP contribution < -0.4 is 5.73 Å². The number of benzene rings is 1. The quantitative estimate of drug-likeness (QED) is 0.811. The summed E-state index contributed by atoms with van der Waals surface area (Å²) in [5.41, 5.74) is 6.61. The molecule has 0 aliphatic heterocycles. The lowest BCUT2D eigenvalue weighted by Crippen LogP contribution is -2.35. The van der Waals surface area contributed by atoms with Crippen molar-refractivity contribution >= 4 is 39.1 Å². The Morgan fingerprint density at radius 3 is 2.60 bits per heavy atom. The van der Waals surface area contributed by atoms with E-state index in [4.69, 9.17) is 17.3 Å². The Bertz CT molecular complexity index is 576. The van der Waals surface area contributed by atoms with E-state index in [9.17, 15) is 8.42 Å². The highest BCUT2D eigenvalue weighted by molar-refractivity contribution is 7.98. The van der Waals surface area contributed by atoms with Crippen LogP contribution in [-0.2, 0) is 10.0 Å².